The van der Waals surface area contributed by atoms with E-state index in [0.29, 0.717) is 22.5 Å². The summed E-state index contributed by atoms with van der Waals surface area (Å²) in [4.78, 5) is 18.2. The molecule has 3 rings (SSSR count). The molecule has 0 unspecified atom stereocenters. The van der Waals surface area contributed by atoms with E-state index in [2.05, 4.69) is 22.0 Å². The zero-order chi connectivity index (χ0) is 16.4. The number of hydrogen-bond acceptors (Lipinski definition) is 2. The molecule has 2 aromatic carbocycles. The second-order valence-electron chi connectivity index (χ2n) is 5.88. The maximum Gasteiger partial charge on any atom is 0.194 e. The number of fused-ring (bicyclic) bond motifs is 1. The molecule has 0 saturated carbocycles. The molecule has 3 aromatic rings. The van der Waals surface area contributed by atoms with E-state index in [1.54, 1.807) is 6.07 Å². The summed E-state index contributed by atoms with van der Waals surface area (Å²) in [6, 6.07) is 15.7. The molecule has 0 aliphatic rings. The Labute approximate surface area is 140 Å². The number of rotatable bonds is 4. The predicted molar refractivity (Wildman–Crippen MR) is 95.9 cm³/mol. The number of nitrogens with one attached hydrogen (secondary N) is 1. The van der Waals surface area contributed by atoms with E-state index in [1.165, 1.54) is 5.56 Å². The smallest absolute Gasteiger partial charge is 0.194 e. The summed E-state index contributed by atoms with van der Waals surface area (Å²) in [5.41, 5.74) is 3.66. The van der Waals surface area contributed by atoms with Gasteiger partial charge in [-0.3, -0.25) is 9.69 Å². The first kappa shape index (κ1) is 15.8. The Balaban J connectivity index is 1.92. The molecule has 0 saturated heterocycles. The minimum absolute atomic E-state index is 0.0543. The molecule has 23 heavy (non-hydrogen) atoms. The lowest BCUT2D eigenvalue weighted by molar-refractivity contribution is 0.317. The molecule has 118 valence electrons. The number of nitrogens with zero attached hydrogens (tertiary/aromatic N) is 1. The molecule has 0 radical (unpaired) electrons. The predicted octanol–water partition coefficient (Wildman–Crippen LogP) is 4.12. The van der Waals surface area contributed by atoms with Gasteiger partial charge in [0.1, 0.15) is 0 Å². The highest BCUT2D eigenvalue weighted by atomic mass is 35.5. The number of halogens is 1. The summed E-state index contributed by atoms with van der Waals surface area (Å²) in [5, 5.41) is 1.22. The second-order valence-corrected chi connectivity index (χ2v) is 6.29. The minimum Gasteiger partial charge on any atom is -0.357 e. The SMILES string of the molecule is Cc1[nH]c2c(Cl)cccc2c(=O)c1CN(C)Cc1ccccc1. The number of aromatic amines is 1. The number of aromatic nitrogens is 1. The van der Waals surface area contributed by atoms with Crippen LogP contribution in [0.5, 0.6) is 0 Å². The van der Waals surface area contributed by atoms with Crippen LogP contribution in [0.4, 0.5) is 0 Å². The van der Waals surface area contributed by atoms with Crippen molar-refractivity contribution in [2.75, 3.05) is 7.05 Å². The molecule has 0 spiro atoms. The lowest BCUT2D eigenvalue weighted by atomic mass is 10.1. The van der Waals surface area contributed by atoms with Gasteiger partial charge in [0.25, 0.3) is 0 Å². The van der Waals surface area contributed by atoms with Crippen LogP contribution in [0.1, 0.15) is 16.8 Å². The van der Waals surface area contributed by atoms with Crippen molar-refractivity contribution in [1.29, 1.82) is 0 Å². The first-order chi connectivity index (χ1) is 11.1. The quantitative estimate of drug-likeness (QED) is 0.782. The number of H-pyrrole nitrogens is 1. The average Bonchev–Trinajstić information content (AvgIpc) is 2.53. The van der Waals surface area contributed by atoms with E-state index in [9.17, 15) is 4.79 Å². The van der Waals surface area contributed by atoms with E-state index in [-0.39, 0.29) is 5.43 Å². The van der Waals surface area contributed by atoms with Crippen molar-refractivity contribution >= 4 is 22.5 Å². The van der Waals surface area contributed by atoms with Gasteiger partial charge < -0.3 is 4.98 Å². The van der Waals surface area contributed by atoms with E-state index >= 15 is 0 Å². The van der Waals surface area contributed by atoms with Gasteiger partial charge in [-0.1, -0.05) is 48.0 Å². The van der Waals surface area contributed by atoms with Gasteiger partial charge in [-0.25, -0.2) is 0 Å². The normalized spacial score (nSPS) is 11.3. The van der Waals surface area contributed by atoms with E-state index in [1.807, 2.05) is 44.3 Å². The number of hydrogen-bond donors (Lipinski definition) is 1. The summed E-state index contributed by atoms with van der Waals surface area (Å²) >= 11 is 6.19. The first-order valence-corrected chi connectivity index (χ1v) is 7.96. The number of aryl methyl sites for hydroxylation is 1. The summed E-state index contributed by atoms with van der Waals surface area (Å²) in [5.74, 6) is 0. The third-order valence-corrected chi connectivity index (χ3v) is 4.34. The Bertz CT molecular complexity index is 887. The van der Waals surface area contributed by atoms with Crippen molar-refractivity contribution in [3.8, 4) is 0 Å². The molecule has 0 aliphatic carbocycles. The summed E-state index contributed by atoms with van der Waals surface area (Å²) in [6.45, 7) is 3.32. The van der Waals surface area contributed by atoms with E-state index in [0.717, 1.165) is 17.8 Å². The second kappa shape index (κ2) is 6.57. The van der Waals surface area contributed by atoms with E-state index in [4.69, 9.17) is 11.6 Å². The minimum atomic E-state index is 0.0543. The van der Waals surface area contributed by atoms with Gasteiger partial charge in [-0.2, -0.15) is 0 Å². The van der Waals surface area contributed by atoms with Gasteiger partial charge in [0.2, 0.25) is 0 Å². The van der Waals surface area contributed by atoms with Gasteiger partial charge in [-0.15, -0.1) is 0 Å². The first-order valence-electron chi connectivity index (χ1n) is 7.58. The fraction of sp³-hybridized carbons (Fsp3) is 0.211. The summed E-state index contributed by atoms with van der Waals surface area (Å²) < 4.78 is 0. The summed E-state index contributed by atoms with van der Waals surface area (Å²) in [6.07, 6.45) is 0. The maximum atomic E-state index is 12.8. The Hall–Kier alpha value is -2.10. The van der Waals surface area contributed by atoms with Crippen molar-refractivity contribution in [2.24, 2.45) is 0 Å². The van der Waals surface area contributed by atoms with E-state index < -0.39 is 0 Å². The largest absolute Gasteiger partial charge is 0.357 e. The van der Waals surface area contributed by atoms with Gasteiger partial charge >= 0.3 is 0 Å². The molecule has 1 aromatic heterocycles. The van der Waals surface area contributed by atoms with Gasteiger partial charge in [0.15, 0.2) is 5.43 Å². The molecule has 1 heterocycles. The van der Waals surface area contributed by atoms with Crippen LogP contribution in [0.3, 0.4) is 0 Å². The average molecular weight is 327 g/mol. The standard InChI is InChI=1S/C19H19ClN2O/c1-13-16(12-22(2)11-14-7-4-3-5-8-14)19(23)15-9-6-10-17(20)18(15)21-13/h3-10H,11-12H2,1-2H3,(H,21,23). The van der Waals surface area contributed by atoms with Crippen molar-refractivity contribution in [3.05, 3.63) is 80.6 Å². The van der Waals surface area contributed by atoms with Crippen LogP contribution in [-0.4, -0.2) is 16.9 Å². The maximum absolute atomic E-state index is 12.8. The zero-order valence-electron chi connectivity index (χ0n) is 13.3. The molecular weight excluding hydrogens is 308 g/mol. The highest BCUT2D eigenvalue weighted by Gasteiger charge is 2.13. The third-order valence-electron chi connectivity index (χ3n) is 4.02. The molecule has 3 nitrogen and oxygen atoms in total. The van der Waals surface area contributed by atoms with Crippen molar-refractivity contribution in [1.82, 2.24) is 9.88 Å². The Kier molecular flexibility index (Phi) is 4.51. The van der Waals surface area contributed by atoms with Gasteiger partial charge in [0.05, 0.1) is 10.5 Å². The number of para-hydroxylation sites is 1. The topological polar surface area (TPSA) is 36.1 Å². The monoisotopic (exact) mass is 326 g/mol. The molecule has 0 bridgehead atoms. The fourth-order valence-corrected chi connectivity index (χ4v) is 3.07. The highest BCUT2D eigenvalue weighted by molar-refractivity contribution is 6.35. The number of benzene rings is 2. The molecule has 0 atom stereocenters. The Morgan fingerprint density at radius 2 is 1.78 bits per heavy atom. The lowest BCUT2D eigenvalue weighted by Gasteiger charge is -2.18. The third kappa shape index (κ3) is 3.31. The van der Waals surface area contributed by atoms with Gasteiger partial charge in [0, 0.05) is 29.7 Å². The van der Waals surface area contributed by atoms with Crippen LogP contribution in [0.25, 0.3) is 10.9 Å². The Morgan fingerprint density at radius 1 is 1.04 bits per heavy atom. The van der Waals surface area contributed by atoms with Crippen LogP contribution in [0.15, 0.2) is 53.3 Å². The van der Waals surface area contributed by atoms with Crippen molar-refractivity contribution in [2.45, 2.75) is 20.0 Å². The fourth-order valence-electron chi connectivity index (χ4n) is 2.85. The lowest BCUT2D eigenvalue weighted by Crippen LogP contribution is -2.24. The molecule has 0 aliphatic heterocycles. The molecule has 1 N–H and O–H groups in total. The molecule has 0 amide bonds. The van der Waals surface area contributed by atoms with Crippen LogP contribution < -0.4 is 5.43 Å². The zero-order valence-corrected chi connectivity index (χ0v) is 14.0. The molecular formula is C19H19ClN2O. The van der Waals surface area contributed by atoms with Crippen molar-refractivity contribution in [3.63, 3.8) is 0 Å². The summed E-state index contributed by atoms with van der Waals surface area (Å²) in [7, 11) is 2.02. The number of pyridine rings is 1. The van der Waals surface area contributed by atoms with Crippen LogP contribution in [0.2, 0.25) is 5.02 Å². The Morgan fingerprint density at radius 3 is 2.52 bits per heavy atom. The van der Waals surface area contributed by atoms with Crippen molar-refractivity contribution < 1.29 is 0 Å². The van der Waals surface area contributed by atoms with Crippen LogP contribution >= 0.6 is 11.6 Å². The molecule has 0 fully saturated rings. The van der Waals surface area contributed by atoms with Crippen LogP contribution in [0, 0.1) is 6.92 Å². The highest BCUT2D eigenvalue weighted by Crippen LogP contribution is 2.21. The van der Waals surface area contributed by atoms with Gasteiger partial charge in [-0.05, 0) is 31.7 Å². The van der Waals surface area contributed by atoms with Crippen LogP contribution in [-0.2, 0) is 13.1 Å². The molecule has 4 heteroatoms.